The van der Waals surface area contributed by atoms with E-state index in [0.717, 1.165) is 44.0 Å². The summed E-state index contributed by atoms with van der Waals surface area (Å²) in [5.41, 5.74) is 1.05. The van der Waals surface area contributed by atoms with Gasteiger partial charge in [0, 0.05) is 38.3 Å². The fraction of sp³-hybridized carbons (Fsp3) is 0.583. The first kappa shape index (κ1) is 12.6. The summed E-state index contributed by atoms with van der Waals surface area (Å²) in [6.45, 7) is 6.95. The summed E-state index contributed by atoms with van der Waals surface area (Å²) in [5.74, 6) is 1.03. The molecule has 2 heterocycles. The van der Waals surface area contributed by atoms with Crippen LogP contribution in [0, 0.1) is 6.92 Å². The van der Waals surface area contributed by atoms with Crippen molar-refractivity contribution in [1.29, 1.82) is 0 Å². The summed E-state index contributed by atoms with van der Waals surface area (Å²) in [6, 6.07) is 1.75. The molecule has 4 nitrogen and oxygen atoms in total. The van der Waals surface area contributed by atoms with Crippen LogP contribution in [0.2, 0.25) is 0 Å². The van der Waals surface area contributed by atoms with Gasteiger partial charge in [-0.25, -0.2) is 0 Å². The molecule has 0 bridgehead atoms. The summed E-state index contributed by atoms with van der Waals surface area (Å²) >= 11 is 5.40. The normalized spacial score (nSPS) is 18.5. The van der Waals surface area contributed by atoms with Gasteiger partial charge in [0.2, 0.25) is 0 Å². The van der Waals surface area contributed by atoms with Crippen LogP contribution in [0.1, 0.15) is 21.9 Å². The first-order valence-corrected chi connectivity index (χ1v) is 6.14. The number of likely N-dealkylation sites (N-methyl/N-ethyl adjacent to an activating group) is 1. The van der Waals surface area contributed by atoms with Gasteiger partial charge in [-0.05, 0) is 31.6 Å². The molecule has 0 spiro atoms. The molecular formula is C12H17ClN2O2. The van der Waals surface area contributed by atoms with Crippen molar-refractivity contribution < 1.29 is 9.21 Å². The SMILES string of the molecule is Cc1oc(C(=O)Cl)cc1CN1CCN(C)CC1. The highest BCUT2D eigenvalue weighted by atomic mass is 35.5. The van der Waals surface area contributed by atoms with Gasteiger partial charge in [-0.2, -0.15) is 0 Å². The molecular weight excluding hydrogens is 240 g/mol. The molecule has 0 aliphatic carbocycles. The Morgan fingerprint density at radius 1 is 1.41 bits per heavy atom. The molecule has 5 heteroatoms. The number of aryl methyl sites for hydroxylation is 1. The van der Waals surface area contributed by atoms with Crippen molar-refractivity contribution in [3.63, 3.8) is 0 Å². The fourth-order valence-electron chi connectivity index (χ4n) is 2.02. The maximum Gasteiger partial charge on any atom is 0.287 e. The Labute approximate surface area is 106 Å². The largest absolute Gasteiger partial charge is 0.457 e. The number of halogens is 1. The van der Waals surface area contributed by atoms with Crippen molar-refractivity contribution in [3.05, 3.63) is 23.2 Å². The van der Waals surface area contributed by atoms with E-state index in [2.05, 4.69) is 16.8 Å². The van der Waals surface area contributed by atoms with E-state index in [9.17, 15) is 4.79 Å². The molecule has 1 fully saturated rings. The fourth-order valence-corrected chi connectivity index (χ4v) is 2.11. The predicted octanol–water partition coefficient (Wildman–Crippen LogP) is 1.71. The quantitative estimate of drug-likeness (QED) is 0.772. The number of rotatable bonds is 3. The van der Waals surface area contributed by atoms with Crippen LogP contribution in [-0.4, -0.2) is 48.3 Å². The van der Waals surface area contributed by atoms with Crippen molar-refractivity contribution in [3.8, 4) is 0 Å². The lowest BCUT2D eigenvalue weighted by atomic mass is 10.2. The van der Waals surface area contributed by atoms with Gasteiger partial charge in [0.15, 0.2) is 5.76 Å². The minimum absolute atomic E-state index is 0.244. The summed E-state index contributed by atoms with van der Waals surface area (Å²) in [4.78, 5) is 15.7. The molecule has 0 radical (unpaired) electrons. The van der Waals surface area contributed by atoms with Crippen LogP contribution in [0.15, 0.2) is 10.5 Å². The van der Waals surface area contributed by atoms with Crippen molar-refractivity contribution in [2.45, 2.75) is 13.5 Å². The molecule has 1 aliphatic heterocycles. The molecule has 94 valence electrons. The summed E-state index contributed by atoms with van der Waals surface area (Å²) in [6.07, 6.45) is 0. The zero-order valence-electron chi connectivity index (χ0n) is 10.2. The first-order chi connectivity index (χ1) is 8.06. The number of piperazine rings is 1. The van der Waals surface area contributed by atoms with Crippen LogP contribution in [-0.2, 0) is 6.54 Å². The average molecular weight is 257 g/mol. The molecule has 1 aromatic rings. The first-order valence-electron chi connectivity index (χ1n) is 5.76. The van der Waals surface area contributed by atoms with Crippen LogP contribution < -0.4 is 0 Å². The van der Waals surface area contributed by atoms with Crippen LogP contribution in [0.25, 0.3) is 0 Å². The Kier molecular flexibility index (Phi) is 3.86. The number of hydrogen-bond donors (Lipinski definition) is 0. The lowest BCUT2D eigenvalue weighted by Gasteiger charge is -2.32. The van der Waals surface area contributed by atoms with Gasteiger partial charge in [0.1, 0.15) is 5.76 Å². The third-order valence-electron chi connectivity index (χ3n) is 3.20. The number of hydrogen-bond acceptors (Lipinski definition) is 4. The predicted molar refractivity (Wildman–Crippen MR) is 66.4 cm³/mol. The van der Waals surface area contributed by atoms with Crippen LogP contribution in [0.3, 0.4) is 0 Å². The van der Waals surface area contributed by atoms with Gasteiger partial charge in [0.25, 0.3) is 5.24 Å². The monoisotopic (exact) mass is 256 g/mol. The van der Waals surface area contributed by atoms with E-state index < -0.39 is 5.24 Å². The minimum Gasteiger partial charge on any atom is -0.457 e. The van der Waals surface area contributed by atoms with E-state index in [1.54, 1.807) is 6.07 Å². The van der Waals surface area contributed by atoms with Gasteiger partial charge < -0.3 is 9.32 Å². The van der Waals surface area contributed by atoms with Crippen molar-refractivity contribution in [2.24, 2.45) is 0 Å². The molecule has 0 unspecified atom stereocenters. The molecule has 0 atom stereocenters. The Morgan fingerprint density at radius 2 is 2.06 bits per heavy atom. The highest BCUT2D eigenvalue weighted by Gasteiger charge is 2.18. The van der Waals surface area contributed by atoms with Crippen molar-refractivity contribution in [2.75, 3.05) is 33.2 Å². The standard InChI is InChI=1S/C12H17ClN2O2/c1-9-10(7-11(17-9)12(13)16)8-15-5-3-14(2)4-6-15/h7H,3-6,8H2,1-2H3. The number of nitrogens with zero attached hydrogens (tertiary/aromatic N) is 2. The molecule has 2 rings (SSSR count). The van der Waals surface area contributed by atoms with E-state index in [1.807, 2.05) is 6.92 Å². The van der Waals surface area contributed by atoms with Crippen LogP contribution in [0.4, 0.5) is 0 Å². The van der Waals surface area contributed by atoms with Crippen molar-refractivity contribution >= 4 is 16.8 Å². The molecule has 1 aliphatic rings. The van der Waals surface area contributed by atoms with Crippen LogP contribution >= 0.6 is 11.6 Å². The maximum absolute atomic E-state index is 11.0. The minimum atomic E-state index is -0.530. The van der Waals surface area contributed by atoms with E-state index in [0.29, 0.717) is 0 Å². The number of carbonyl (C=O) groups excluding carboxylic acids is 1. The topological polar surface area (TPSA) is 36.7 Å². The Morgan fingerprint density at radius 3 is 2.59 bits per heavy atom. The summed E-state index contributed by atoms with van der Waals surface area (Å²) < 4.78 is 5.32. The molecule has 1 saturated heterocycles. The highest BCUT2D eigenvalue weighted by molar-refractivity contribution is 6.67. The molecule has 0 N–H and O–H groups in total. The Balaban J connectivity index is 2.01. The zero-order valence-corrected chi connectivity index (χ0v) is 11.0. The smallest absolute Gasteiger partial charge is 0.287 e. The maximum atomic E-state index is 11.0. The van der Waals surface area contributed by atoms with Gasteiger partial charge in [-0.1, -0.05) is 0 Å². The average Bonchev–Trinajstić information content (AvgIpc) is 2.64. The van der Waals surface area contributed by atoms with Gasteiger partial charge in [-0.3, -0.25) is 9.69 Å². The molecule has 0 saturated carbocycles. The number of furan rings is 1. The zero-order chi connectivity index (χ0) is 12.4. The third kappa shape index (κ3) is 3.09. The second kappa shape index (κ2) is 5.21. The summed E-state index contributed by atoms with van der Waals surface area (Å²) in [7, 11) is 2.13. The Bertz CT molecular complexity index is 409. The van der Waals surface area contributed by atoms with Crippen molar-refractivity contribution in [1.82, 2.24) is 9.80 Å². The van der Waals surface area contributed by atoms with E-state index in [4.69, 9.17) is 16.0 Å². The molecule has 1 aromatic heterocycles. The lowest BCUT2D eigenvalue weighted by Crippen LogP contribution is -2.43. The van der Waals surface area contributed by atoms with E-state index >= 15 is 0 Å². The van der Waals surface area contributed by atoms with Gasteiger partial charge in [-0.15, -0.1) is 0 Å². The lowest BCUT2D eigenvalue weighted by molar-refractivity contribution is 0.105. The second-order valence-electron chi connectivity index (χ2n) is 4.55. The van der Waals surface area contributed by atoms with Crippen LogP contribution in [0.5, 0.6) is 0 Å². The number of carbonyl (C=O) groups is 1. The second-order valence-corrected chi connectivity index (χ2v) is 4.89. The van der Waals surface area contributed by atoms with E-state index in [1.165, 1.54) is 0 Å². The summed E-state index contributed by atoms with van der Waals surface area (Å²) in [5, 5.41) is -0.530. The highest BCUT2D eigenvalue weighted by Crippen LogP contribution is 2.18. The van der Waals surface area contributed by atoms with Gasteiger partial charge >= 0.3 is 0 Å². The molecule has 17 heavy (non-hydrogen) atoms. The van der Waals surface area contributed by atoms with E-state index in [-0.39, 0.29) is 5.76 Å². The molecule has 0 aromatic carbocycles. The Hall–Kier alpha value is -0.840. The van der Waals surface area contributed by atoms with Gasteiger partial charge in [0.05, 0.1) is 0 Å². The molecule has 0 amide bonds. The third-order valence-corrected chi connectivity index (χ3v) is 3.39.